The molecule has 186 valence electrons. The standard InChI is InChI=1S/C27H46N4O2/c1-2-3-4-5-6-7-8-9-10-11-12-13-18-31-20-19-30(23-27(31)32)22-25-16-14-24(15-17-25)21-26(28)29-33/h14-17,33H,2-13,18-23H2,1H3,(H2,28,29). The average molecular weight is 459 g/mol. The van der Waals surface area contributed by atoms with E-state index in [1.54, 1.807) is 0 Å². The van der Waals surface area contributed by atoms with Crippen LogP contribution in [0.1, 0.15) is 95.1 Å². The predicted molar refractivity (Wildman–Crippen MR) is 136 cm³/mol. The van der Waals surface area contributed by atoms with Gasteiger partial charge in [-0.3, -0.25) is 9.69 Å². The predicted octanol–water partition coefficient (Wildman–Crippen LogP) is 5.32. The number of hydrogen-bond acceptors (Lipinski definition) is 4. The molecular weight excluding hydrogens is 412 g/mol. The van der Waals surface area contributed by atoms with Crippen molar-refractivity contribution < 1.29 is 10.0 Å². The van der Waals surface area contributed by atoms with Crippen LogP contribution in [0.25, 0.3) is 0 Å². The van der Waals surface area contributed by atoms with E-state index < -0.39 is 0 Å². The lowest BCUT2D eigenvalue weighted by molar-refractivity contribution is -0.136. The highest BCUT2D eigenvalue weighted by molar-refractivity contribution is 5.82. The SMILES string of the molecule is CCCCCCCCCCCCCCN1CCN(Cc2ccc(CC(N)=NO)cc2)CC1=O. The third-order valence-electron chi connectivity index (χ3n) is 6.62. The molecule has 0 spiro atoms. The van der Waals surface area contributed by atoms with Gasteiger partial charge in [0.25, 0.3) is 0 Å². The van der Waals surface area contributed by atoms with Gasteiger partial charge in [-0.2, -0.15) is 0 Å². The van der Waals surface area contributed by atoms with Crippen LogP contribution < -0.4 is 5.73 Å². The monoisotopic (exact) mass is 458 g/mol. The highest BCUT2D eigenvalue weighted by Crippen LogP contribution is 2.14. The van der Waals surface area contributed by atoms with Crippen LogP contribution in [0.4, 0.5) is 0 Å². The van der Waals surface area contributed by atoms with E-state index in [1.165, 1.54) is 76.2 Å². The largest absolute Gasteiger partial charge is 0.409 e. The van der Waals surface area contributed by atoms with Crippen molar-refractivity contribution in [3.8, 4) is 0 Å². The molecule has 0 aliphatic carbocycles. The quantitative estimate of drug-likeness (QED) is 0.109. The van der Waals surface area contributed by atoms with Crippen LogP contribution in [0, 0.1) is 0 Å². The Morgan fingerprint density at radius 3 is 1.97 bits per heavy atom. The molecule has 6 nitrogen and oxygen atoms in total. The van der Waals surface area contributed by atoms with Crippen molar-refractivity contribution in [2.75, 3.05) is 26.2 Å². The summed E-state index contributed by atoms with van der Waals surface area (Å²) < 4.78 is 0. The van der Waals surface area contributed by atoms with Crippen LogP contribution in [-0.4, -0.2) is 52.9 Å². The fraction of sp³-hybridized carbons (Fsp3) is 0.704. The highest BCUT2D eigenvalue weighted by atomic mass is 16.4. The molecule has 0 bridgehead atoms. The molecule has 1 aliphatic heterocycles. The number of unbranched alkanes of at least 4 members (excludes halogenated alkanes) is 11. The summed E-state index contributed by atoms with van der Waals surface area (Å²) in [6.45, 7) is 6.22. The van der Waals surface area contributed by atoms with E-state index in [4.69, 9.17) is 10.9 Å². The highest BCUT2D eigenvalue weighted by Gasteiger charge is 2.23. The van der Waals surface area contributed by atoms with Crippen molar-refractivity contribution in [3.05, 3.63) is 35.4 Å². The second kappa shape index (κ2) is 16.5. The Morgan fingerprint density at radius 2 is 1.42 bits per heavy atom. The molecule has 0 atom stereocenters. The lowest BCUT2D eigenvalue weighted by atomic mass is 10.1. The van der Waals surface area contributed by atoms with Crippen LogP contribution in [-0.2, 0) is 17.8 Å². The molecule has 1 heterocycles. The smallest absolute Gasteiger partial charge is 0.236 e. The summed E-state index contributed by atoms with van der Waals surface area (Å²) in [6.07, 6.45) is 16.6. The lowest BCUT2D eigenvalue weighted by Gasteiger charge is -2.34. The Bertz CT molecular complexity index is 690. The molecule has 1 aromatic rings. The van der Waals surface area contributed by atoms with Gasteiger partial charge in [-0.1, -0.05) is 107 Å². The number of piperazine rings is 1. The van der Waals surface area contributed by atoms with Crippen LogP contribution in [0.3, 0.4) is 0 Å². The fourth-order valence-corrected chi connectivity index (χ4v) is 4.54. The third kappa shape index (κ3) is 11.6. The van der Waals surface area contributed by atoms with Gasteiger partial charge in [-0.15, -0.1) is 0 Å². The van der Waals surface area contributed by atoms with E-state index in [9.17, 15) is 4.79 Å². The summed E-state index contributed by atoms with van der Waals surface area (Å²) >= 11 is 0. The molecular formula is C27H46N4O2. The summed E-state index contributed by atoms with van der Waals surface area (Å²) in [5, 5.41) is 11.7. The molecule has 1 saturated heterocycles. The van der Waals surface area contributed by atoms with Crippen LogP contribution in [0.15, 0.2) is 29.4 Å². The summed E-state index contributed by atoms with van der Waals surface area (Å²) in [5.74, 6) is 0.463. The first-order chi connectivity index (χ1) is 16.1. The van der Waals surface area contributed by atoms with E-state index in [-0.39, 0.29) is 11.7 Å². The van der Waals surface area contributed by atoms with Crippen molar-refractivity contribution in [1.29, 1.82) is 0 Å². The van der Waals surface area contributed by atoms with Gasteiger partial charge in [0.1, 0.15) is 5.84 Å². The maximum Gasteiger partial charge on any atom is 0.236 e. The molecule has 0 radical (unpaired) electrons. The number of nitrogens with two attached hydrogens (primary N) is 1. The maximum atomic E-state index is 12.6. The number of amides is 1. The van der Waals surface area contributed by atoms with E-state index in [2.05, 4.69) is 29.1 Å². The van der Waals surface area contributed by atoms with Crippen LogP contribution in [0.2, 0.25) is 0 Å². The molecule has 0 unspecified atom stereocenters. The van der Waals surface area contributed by atoms with Gasteiger partial charge in [0.15, 0.2) is 0 Å². The van der Waals surface area contributed by atoms with Crippen molar-refractivity contribution in [2.24, 2.45) is 10.9 Å². The fourth-order valence-electron chi connectivity index (χ4n) is 4.54. The molecule has 6 heteroatoms. The molecule has 1 aromatic carbocycles. The summed E-state index contributed by atoms with van der Waals surface area (Å²) in [7, 11) is 0. The topological polar surface area (TPSA) is 82.2 Å². The van der Waals surface area contributed by atoms with Crippen LogP contribution >= 0.6 is 0 Å². The Hall–Kier alpha value is -2.08. The number of oxime groups is 1. The number of carbonyl (C=O) groups excluding carboxylic acids is 1. The molecule has 1 fully saturated rings. The normalized spacial score (nSPS) is 15.4. The van der Waals surface area contributed by atoms with E-state index in [0.717, 1.165) is 38.2 Å². The third-order valence-corrected chi connectivity index (χ3v) is 6.62. The van der Waals surface area contributed by atoms with E-state index in [1.807, 2.05) is 17.0 Å². The van der Waals surface area contributed by atoms with E-state index >= 15 is 0 Å². The minimum absolute atomic E-state index is 0.206. The minimum Gasteiger partial charge on any atom is -0.409 e. The number of rotatable bonds is 17. The van der Waals surface area contributed by atoms with Gasteiger partial charge in [0.2, 0.25) is 5.91 Å². The van der Waals surface area contributed by atoms with Gasteiger partial charge < -0.3 is 15.8 Å². The zero-order valence-electron chi connectivity index (χ0n) is 20.8. The number of nitrogens with zero attached hydrogens (tertiary/aromatic N) is 3. The zero-order chi connectivity index (χ0) is 23.7. The molecule has 3 N–H and O–H groups in total. The molecule has 33 heavy (non-hydrogen) atoms. The van der Waals surface area contributed by atoms with Gasteiger partial charge in [0, 0.05) is 32.6 Å². The molecule has 0 saturated carbocycles. The van der Waals surface area contributed by atoms with Gasteiger partial charge in [0.05, 0.1) is 6.54 Å². The first-order valence-electron chi connectivity index (χ1n) is 13.2. The van der Waals surface area contributed by atoms with Crippen molar-refractivity contribution in [2.45, 2.75) is 96.9 Å². The number of amidine groups is 1. The lowest BCUT2D eigenvalue weighted by Crippen LogP contribution is -2.50. The first kappa shape index (κ1) is 27.2. The van der Waals surface area contributed by atoms with Crippen molar-refractivity contribution in [1.82, 2.24) is 9.80 Å². The Labute approximate surface area is 201 Å². The van der Waals surface area contributed by atoms with Gasteiger partial charge >= 0.3 is 0 Å². The first-order valence-corrected chi connectivity index (χ1v) is 13.2. The Kier molecular flexibility index (Phi) is 13.6. The Balaban J connectivity index is 1.52. The molecule has 1 amide bonds. The maximum absolute atomic E-state index is 12.6. The summed E-state index contributed by atoms with van der Waals surface area (Å²) in [6, 6.07) is 8.12. The second-order valence-electron chi connectivity index (χ2n) is 9.57. The number of benzene rings is 1. The van der Waals surface area contributed by atoms with Crippen molar-refractivity contribution in [3.63, 3.8) is 0 Å². The van der Waals surface area contributed by atoms with Crippen molar-refractivity contribution >= 4 is 11.7 Å². The molecule has 1 aliphatic rings. The summed E-state index contributed by atoms with van der Waals surface area (Å²) in [5.41, 5.74) is 7.76. The minimum atomic E-state index is 0.206. The Morgan fingerprint density at radius 1 is 0.879 bits per heavy atom. The number of hydrogen-bond donors (Lipinski definition) is 2. The molecule has 2 rings (SSSR count). The van der Waals surface area contributed by atoms with Gasteiger partial charge in [-0.05, 0) is 17.5 Å². The van der Waals surface area contributed by atoms with Crippen LogP contribution in [0.5, 0.6) is 0 Å². The molecule has 0 aromatic heterocycles. The van der Waals surface area contributed by atoms with E-state index in [0.29, 0.717) is 13.0 Å². The zero-order valence-corrected chi connectivity index (χ0v) is 20.8. The van der Waals surface area contributed by atoms with Gasteiger partial charge in [-0.25, -0.2) is 0 Å². The average Bonchev–Trinajstić information content (AvgIpc) is 2.82. The number of carbonyl (C=O) groups is 1. The second-order valence-corrected chi connectivity index (χ2v) is 9.57. The summed E-state index contributed by atoms with van der Waals surface area (Å²) in [4.78, 5) is 16.8.